The molecule has 0 radical (unpaired) electrons. The highest BCUT2D eigenvalue weighted by atomic mass is 32.2. The number of benzene rings is 4. The summed E-state index contributed by atoms with van der Waals surface area (Å²) in [4.78, 5) is 39.4. The molecule has 0 fully saturated rings. The Morgan fingerprint density at radius 1 is 0.756 bits per heavy atom. The number of amides is 3. The van der Waals surface area contributed by atoms with Gasteiger partial charge in [-0.15, -0.1) is 11.8 Å². The van der Waals surface area contributed by atoms with Crippen molar-refractivity contribution in [3.63, 3.8) is 0 Å². The fraction of sp³-hybridized carbons (Fsp3) is 0.0938. The highest BCUT2D eigenvalue weighted by Gasteiger charge is 2.16. The van der Waals surface area contributed by atoms with E-state index in [-0.39, 0.29) is 17.4 Å². The van der Waals surface area contributed by atoms with Crippen LogP contribution in [0.4, 0.5) is 11.4 Å². The SMILES string of the molecule is COc1cccc(NC(=O)CSc2ccc(NC(=O)/C(=C/c3ccccc3OC)NC(=O)c3ccccc3)cc2)c1. The largest absolute Gasteiger partial charge is 0.497 e. The summed E-state index contributed by atoms with van der Waals surface area (Å²) < 4.78 is 10.6. The first-order valence-corrected chi connectivity index (χ1v) is 13.6. The van der Waals surface area contributed by atoms with Crippen molar-refractivity contribution in [1.29, 1.82) is 0 Å². The van der Waals surface area contributed by atoms with E-state index in [4.69, 9.17) is 9.47 Å². The van der Waals surface area contributed by atoms with Crippen molar-refractivity contribution in [2.24, 2.45) is 0 Å². The van der Waals surface area contributed by atoms with Gasteiger partial charge in [-0.25, -0.2) is 0 Å². The van der Waals surface area contributed by atoms with Gasteiger partial charge in [0, 0.05) is 33.5 Å². The summed E-state index contributed by atoms with van der Waals surface area (Å²) in [6, 6.07) is 30.1. The third kappa shape index (κ3) is 8.48. The number of para-hydroxylation sites is 1. The number of thioether (sulfide) groups is 1. The number of hydrogen-bond acceptors (Lipinski definition) is 6. The van der Waals surface area contributed by atoms with Crippen molar-refractivity contribution >= 4 is 46.9 Å². The molecule has 0 saturated carbocycles. The molecular weight excluding hydrogens is 538 g/mol. The van der Waals surface area contributed by atoms with Gasteiger partial charge in [-0.2, -0.15) is 0 Å². The lowest BCUT2D eigenvalue weighted by molar-refractivity contribution is -0.114. The molecule has 0 unspecified atom stereocenters. The van der Waals surface area contributed by atoms with Crippen LogP contribution in [0.5, 0.6) is 11.5 Å². The number of hydrogen-bond donors (Lipinski definition) is 3. The van der Waals surface area contributed by atoms with Gasteiger partial charge in [-0.1, -0.05) is 42.5 Å². The van der Waals surface area contributed by atoms with Crippen molar-refractivity contribution in [1.82, 2.24) is 5.32 Å². The Hall–Kier alpha value is -5.02. The van der Waals surface area contributed by atoms with Gasteiger partial charge in [-0.05, 0) is 60.7 Å². The predicted molar refractivity (Wildman–Crippen MR) is 162 cm³/mol. The molecule has 0 spiro atoms. The van der Waals surface area contributed by atoms with Crippen molar-refractivity contribution < 1.29 is 23.9 Å². The van der Waals surface area contributed by atoms with E-state index in [0.717, 1.165) is 4.90 Å². The molecule has 0 aromatic heterocycles. The smallest absolute Gasteiger partial charge is 0.272 e. The fourth-order valence-corrected chi connectivity index (χ4v) is 4.46. The molecule has 8 nitrogen and oxygen atoms in total. The lowest BCUT2D eigenvalue weighted by Gasteiger charge is -2.13. The van der Waals surface area contributed by atoms with Gasteiger partial charge in [0.1, 0.15) is 17.2 Å². The van der Waals surface area contributed by atoms with Crippen LogP contribution in [0.3, 0.4) is 0 Å². The van der Waals surface area contributed by atoms with Gasteiger partial charge in [-0.3, -0.25) is 14.4 Å². The molecule has 0 atom stereocenters. The van der Waals surface area contributed by atoms with Gasteiger partial charge in [0.05, 0.1) is 20.0 Å². The van der Waals surface area contributed by atoms with Crippen LogP contribution in [0.1, 0.15) is 15.9 Å². The van der Waals surface area contributed by atoms with E-state index >= 15 is 0 Å². The Labute approximate surface area is 242 Å². The molecule has 0 aliphatic rings. The molecule has 4 rings (SSSR count). The van der Waals surface area contributed by atoms with Crippen LogP contribution in [-0.2, 0) is 9.59 Å². The number of rotatable bonds is 11. The lowest BCUT2D eigenvalue weighted by Crippen LogP contribution is -2.30. The molecule has 4 aromatic rings. The molecule has 4 aromatic carbocycles. The Kier molecular flexibility index (Phi) is 10.2. The number of carbonyl (C=O) groups excluding carboxylic acids is 3. The Morgan fingerprint density at radius 3 is 2.22 bits per heavy atom. The summed E-state index contributed by atoms with van der Waals surface area (Å²) in [5.74, 6) is 0.359. The summed E-state index contributed by atoms with van der Waals surface area (Å²) >= 11 is 1.37. The van der Waals surface area contributed by atoms with Crippen molar-refractivity contribution in [2.45, 2.75) is 4.90 Å². The van der Waals surface area contributed by atoms with Crippen molar-refractivity contribution in [3.8, 4) is 11.5 Å². The van der Waals surface area contributed by atoms with E-state index in [2.05, 4.69) is 16.0 Å². The minimum Gasteiger partial charge on any atom is -0.497 e. The van der Waals surface area contributed by atoms with Gasteiger partial charge in [0.15, 0.2) is 0 Å². The topological polar surface area (TPSA) is 106 Å². The van der Waals surface area contributed by atoms with Gasteiger partial charge in [0.25, 0.3) is 11.8 Å². The van der Waals surface area contributed by atoms with Crippen LogP contribution in [0.25, 0.3) is 6.08 Å². The normalized spacial score (nSPS) is 10.8. The standard InChI is InChI=1S/C32H29N3O5S/c1-39-26-13-8-12-25(20-26)33-30(36)21-41-27-17-15-24(16-18-27)34-32(38)28(19-23-11-6-7-14-29(23)40-2)35-31(37)22-9-4-3-5-10-22/h3-20H,21H2,1-2H3,(H,33,36)(H,34,38)(H,35,37)/b28-19-. The number of carbonyl (C=O) groups is 3. The summed E-state index contributed by atoms with van der Waals surface area (Å²) in [6.45, 7) is 0. The molecule has 0 heterocycles. The maximum absolute atomic E-state index is 13.3. The zero-order chi connectivity index (χ0) is 29.0. The van der Waals surface area contributed by atoms with E-state index < -0.39 is 11.8 Å². The second-order valence-corrected chi connectivity index (χ2v) is 9.72. The molecule has 3 amide bonds. The zero-order valence-electron chi connectivity index (χ0n) is 22.5. The van der Waals surface area contributed by atoms with E-state index in [9.17, 15) is 14.4 Å². The Bertz CT molecular complexity index is 1540. The van der Waals surface area contributed by atoms with E-state index in [1.165, 1.54) is 18.9 Å². The second kappa shape index (κ2) is 14.4. The van der Waals surface area contributed by atoms with Crippen LogP contribution in [0, 0.1) is 0 Å². The number of nitrogens with one attached hydrogen (secondary N) is 3. The first-order chi connectivity index (χ1) is 19.9. The average molecular weight is 568 g/mol. The van der Waals surface area contributed by atoms with Gasteiger partial charge in [0.2, 0.25) is 5.91 Å². The molecule has 41 heavy (non-hydrogen) atoms. The van der Waals surface area contributed by atoms with E-state index in [1.54, 1.807) is 86.0 Å². The molecule has 0 aliphatic carbocycles. The van der Waals surface area contributed by atoms with Crippen molar-refractivity contribution in [3.05, 3.63) is 120 Å². The fourth-order valence-electron chi connectivity index (χ4n) is 3.76. The predicted octanol–water partition coefficient (Wildman–Crippen LogP) is 5.84. The highest BCUT2D eigenvalue weighted by Crippen LogP contribution is 2.23. The molecule has 208 valence electrons. The van der Waals surface area contributed by atoms with Crippen LogP contribution < -0.4 is 25.4 Å². The Balaban J connectivity index is 1.42. The highest BCUT2D eigenvalue weighted by molar-refractivity contribution is 8.00. The lowest BCUT2D eigenvalue weighted by atomic mass is 10.1. The van der Waals surface area contributed by atoms with E-state index in [0.29, 0.717) is 34.0 Å². The number of ether oxygens (including phenoxy) is 2. The molecule has 0 bridgehead atoms. The minimum absolute atomic E-state index is 0.0519. The van der Waals surface area contributed by atoms with Crippen LogP contribution >= 0.6 is 11.8 Å². The maximum atomic E-state index is 13.3. The molecule has 3 N–H and O–H groups in total. The first-order valence-electron chi connectivity index (χ1n) is 12.6. The number of anilines is 2. The average Bonchev–Trinajstić information content (AvgIpc) is 3.01. The Morgan fingerprint density at radius 2 is 1.49 bits per heavy atom. The minimum atomic E-state index is -0.502. The van der Waals surface area contributed by atoms with E-state index in [1.807, 2.05) is 30.3 Å². The molecule has 0 saturated heterocycles. The first kappa shape index (κ1) is 29.0. The molecule has 0 aliphatic heterocycles. The van der Waals surface area contributed by atoms with Gasteiger partial charge < -0.3 is 25.4 Å². The summed E-state index contributed by atoms with van der Waals surface area (Å²) in [7, 11) is 3.11. The molecule has 9 heteroatoms. The zero-order valence-corrected chi connectivity index (χ0v) is 23.4. The third-order valence-corrected chi connectivity index (χ3v) is 6.82. The maximum Gasteiger partial charge on any atom is 0.272 e. The van der Waals surface area contributed by atoms with Crippen LogP contribution in [-0.4, -0.2) is 37.7 Å². The summed E-state index contributed by atoms with van der Waals surface area (Å²) in [5.41, 5.74) is 2.29. The van der Waals surface area contributed by atoms with Gasteiger partial charge >= 0.3 is 0 Å². The van der Waals surface area contributed by atoms with Crippen LogP contribution in [0.15, 0.2) is 114 Å². The van der Waals surface area contributed by atoms with Crippen molar-refractivity contribution in [2.75, 3.05) is 30.6 Å². The summed E-state index contributed by atoms with van der Waals surface area (Å²) in [6.07, 6.45) is 1.57. The van der Waals surface area contributed by atoms with Crippen LogP contribution in [0.2, 0.25) is 0 Å². The second-order valence-electron chi connectivity index (χ2n) is 8.67. The summed E-state index contributed by atoms with van der Waals surface area (Å²) in [5, 5.41) is 8.40. The third-order valence-electron chi connectivity index (χ3n) is 5.80. The monoisotopic (exact) mass is 567 g/mol. The molecular formula is C32H29N3O5S. The quantitative estimate of drug-likeness (QED) is 0.155. The number of methoxy groups -OCH3 is 2.